The number of carbonyl (C=O) groups is 2. The van der Waals surface area contributed by atoms with Crippen LogP contribution in [0.1, 0.15) is 123 Å². The van der Waals surface area contributed by atoms with Crippen molar-refractivity contribution in [3.8, 4) is 0 Å². The third kappa shape index (κ3) is 3.75. The van der Waals surface area contributed by atoms with Crippen LogP contribution in [0.5, 0.6) is 0 Å². The van der Waals surface area contributed by atoms with Gasteiger partial charge in [0.2, 0.25) is 0 Å². The van der Waals surface area contributed by atoms with E-state index in [0.717, 1.165) is 56.9 Å². The summed E-state index contributed by atoms with van der Waals surface area (Å²) >= 11 is 0. The van der Waals surface area contributed by atoms with Gasteiger partial charge in [0.25, 0.3) is 6.47 Å². The highest BCUT2D eigenvalue weighted by molar-refractivity contribution is 5.76. The van der Waals surface area contributed by atoms with E-state index in [4.69, 9.17) is 4.74 Å². The Bertz CT molecular complexity index is 1410. The van der Waals surface area contributed by atoms with E-state index in [9.17, 15) is 14.7 Å². The molecule has 0 spiro atoms. The van der Waals surface area contributed by atoms with Gasteiger partial charge >= 0.3 is 5.97 Å². The minimum atomic E-state index is -0.559. The van der Waals surface area contributed by atoms with Gasteiger partial charge in [-0.3, -0.25) is 9.59 Å². The fourth-order valence-corrected chi connectivity index (χ4v) is 13.2. The second-order valence-corrected chi connectivity index (χ2v) is 17.5. The van der Waals surface area contributed by atoms with E-state index >= 15 is 0 Å². The molecule has 0 aromatic heterocycles. The number of fused-ring (bicyclic) bond motifs is 7. The Hall–Kier alpha value is -2.36. The Labute approximate surface area is 265 Å². The molecule has 4 heteroatoms. The van der Waals surface area contributed by atoms with Gasteiger partial charge in [-0.15, -0.1) is 0 Å². The van der Waals surface area contributed by atoms with Crippen LogP contribution in [0.25, 0.3) is 5.57 Å². The molecule has 6 aliphatic carbocycles. The average Bonchev–Trinajstić information content (AvgIpc) is 3.63. The van der Waals surface area contributed by atoms with E-state index in [1.807, 2.05) is 0 Å². The summed E-state index contributed by atoms with van der Waals surface area (Å²) in [6.07, 6.45) is 14.0. The Morgan fingerprint density at radius 2 is 1.59 bits per heavy atom. The van der Waals surface area contributed by atoms with Crippen molar-refractivity contribution < 1.29 is 19.4 Å². The van der Waals surface area contributed by atoms with Crippen molar-refractivity contribution in [1.29, 1.82) is 0 Å². The van der Waals surface area contributed by atoms with Gasteiger partial charge in [0.1, 0.15) is 5.60 Å². The Morgan fingerprint density at radius 1 is 0.886 bits per heavy atom. The monoisotopic (exact) mass is 598 g/mol. The number of allylic oxidation sites excluding steroid dienone is 3. The highest BCUT2D eigenvalue weighted by atomic mass is 16.5. The maximum Gasteiger partial charge on any atom is 0.309 e. The molecule has 1 aromatic rings. The van der Waals surface area contributed by atoms with Gasteiger partial charge in [0.15, 0.2) is 0 Å². The number of rotatable bonds is 6. The lowest BCUT2D eigenvalue weighted by atomic mass is 9.32. The molecule has 0 heterocycles. The van der Waals surface area contributed by atoms with Crippen LogP contribution < -0.4 is 0 Å². The molecule has 5 fully saturated rings. The van der Waals surface area contributed by atoms with E-state index in [2.05, 4.69) is 78.5 Å². The molecule has 1 N–H and O–H groups in total. The molecule has 0 bridgehead atoms. The average molecular weight is 599 g/mol. The first-order valence-corrected chi connectivity index (χ1v) is 17.5. The molecule has 0 saturated heterocycles. The van der Waals surface area contributed by atoms with Crippen molar-refractivity contribution >= 4 is 18.0 Å². The summed E-state index contributed by atoms with van der Waals surface area (Å²) in [5.41, 5.74) is 4.74. The van der Waals surface area contributed by atoms with Crippen LogP contribution in [0, 0.1) is 56.7 Å². The van der Waals surface area contributed by atoms with Gasteiger partial charge in [-0.25, -0.2) is 0 Å². The molecule has 5 saturated carbocycles. The van der Waals surface area contributed by atoms with E-state index in [0.29, 0.717) is 30.1 Å². The lowest BCUT2D eigenvalue weighted by Crippen LogP contribution is -2.65. The Balaban J connectivity index is 1.21. The van der Waals surface area contributed by atoms with Crippen LogP contribution in [0.15, 0.2) is 42.5 Å². The summed E-state index contributed by atoms with van der Waals surface area (Å²) in [7, 11) is 0. The minimum Gasteiger partial charge on any atom is -0.481 e. The summed E-state index contributed by atoms with van der Waals surface area (Å²) in [4.78, 5) is 24.1. The van der Waals surface area contributed by atoms with Gasteiger partial charge in [0.05, 0.1) is 5.41 Å². The molecule has 1 aromatic carbocycles. The van der Waals surface area contributed by atoms with Crippen molar-refractivity contribution in [3.05, 3.63) is 53.6 Å². The molecule has 0 radical (unpaired) electrons. The summed E-state index contributed by atoms with van der Waals surface area (Å²) < 4.78 is 5.47. The first kappa shape index (κ1) is 30.3. The van der Waals surface area contributed by atoms with E-state index in [-0.39, 0.29) is 27.6 Å². The third-order valence-corrected chi connectivity index (χ3v) is 15.8. The highest BCUT2D eigenvalue weighted by Crippen LogP contribution is 2.77. The van der Waals surface area contributed by atoms with Crippen molar-refractivity contribution in [2.24, 2.45) is 56.7 Å². The topological polar surface area (TPSA) is 63.6 Å². The summed E-state index contributed by atoms with van der Waals surface area (Å²) in [5, 5.41) is 10.7. The number of carbonyl (C=O) groups excluding carboxylic acids is 1. The Morgan fingerprint density at radius 3 is 2.20 bits per heavy atom. The maximum atomic E-state index is 13.0. The van der Waals surface area contributed by atoms with Gasteiger partial charge in [0, 0.05) is 0 Å². The molecule has 0 amide bonds. The van der Waals surface area contributed by atoms with Crippen molar-refractivity contribution in [3.63, 3.8) is 0 Å². The van der Waals surface area contributed by atoms with Crippen LogP contribution in [0.4, 0.5) is 0 Å². The lowest BCUT2D eigenvalue weighted by molar-refractivity contribution is -0.227. The van der Waals surface area contributed by atoms with Crippen LogP contribution in [-0.4, -0.2) is 17.5 Å². The summed E-state index contributed by atoms with van der Waals surface area (Å²) in [5.74, 6) is 1.71. The quantitative estimate of drug-likeness (QED) is 0.262. The number of benzene rings is 1. The number of hydrogen-bond donors (Lipinski definition) is 1. The van der Waals surface area contributed by atoms with Crippen molar-refractivity contribution in [1.82, 2.24) is 0 Å². The zero-order valence-corrected chi connectivity index (χ0v) is 28.0. The van der Waals surface area contributed by atoms with Crippen molar-refractivity contribution in [2.45, 2.75) is 118 Å². The zero-order valence-electron chi connectivity index (χ0n) is 28.0. The predicted octanol–water partition coefficient (Wildman–Crippen LogP) is 9.58. The van der Waals surface area contributed by atoms with Crippen LogP contribution in [0.3, 0.4) is 0 Å². The molecular formula is C40H54O4. The Kier molecular flexibility index (Phi) is 6.60. The minimum absolute atomic E-state index is 0.0473. The largest absolute Gasteiger partial charge is 0.481 e. The van der Waals surface area contributed by atoms with E-state index in [1.54, 1.807) is 0 Å². The van der Waals surface area contributed by atoms with Crippen molar-refractivity contribution in [2.75, 3.05) is 0 Å². The first-order chi connectivity index (χ1) is 20.7. The standard InChI is InChI=1S/C40H54O4/c1-25(2)28-14-19-39(34(42)43)21-20-37(6)30(33(28)39)12-13-32-36(5)17-15-29(35(3,4)31(36)16-18-38(32,37)7)26-8-10-27(11-9-26)40(22-23-40)44-24-41/h8-11,15,24,28,30-33H,1,12-14,16-23H2,2-7H3,(H,42,43)/t28-,30+,31-,32+,33+,36-,37+,38+,39-/m0/s1. The zero-order chi connectivity index (χ0) is 31.5. The number of hydrogen-bond acceptors (Lipinski definition) is 3. The molecule has 9 atom stereocenters. The fourth-order valence-electron chi connectivity index (χ4n) is 13.2. The predicted molar refractivity (Wildman–Crippen MR) is 174 cm³/mol. The van der Waals surface area contributed by atoms with E-state index in [1.165, 1.54) is 36.0 Å². The van der Waals surface area contributed by atoms with E-state index < -0.39 is 17.0 Å². The molecule has 4 nitrogen and oxygen atoms in total. The highest BCUT2D eigenvalue weighted by Gasteiger charge is 2.71. The smallest absolute Gasteiger partial charge is 0.309 e. The van der Waals surface area contributed by atoms with Gasteiger partial charge in [-0.2, -0.15) is 0 Å². The molecule has 6 aliphatic rings. The van der Waals surface area contributed by atoms with Gasteiger partial charge in [-0.1, -0.05) is 77.1 Å². The van der Waals surface area contributed by atoms with Crippen LogP contribution in [0.2, 0.25) is 0 Å². The molecule has 44 heavy (non-hydrogen) atoms. The second kappa shape index (κ2) is 9.58. The van der Waals surface area contributed by atoms with Crippen LogP contribution >= 0.6 is 0 Å². The molecule has 0 unspecified atom stereocenters. The second-order valence-electron chi connectivity index (χ2n) is 17.5. The number of carboxylic acids is 1. The molecule has 7 rings (SSSR count). The number of carboxylic acid groups (broad SMARTS) is 1. The maximum absolute atomic E-state index is 13.0. The van der Waals surface area contributed by atoms with Gasteiger partial charge in [-0.05, 0) is 146 Å². The van der Waals surface area contributed by atoms with Gasteiger partial charge < -0.3 is 9.84 Å². The molecular weight excluding hydrogens is 544 g/mol. The summed E-state index contributed by atoms with van der Waals surface area (Å²) in [6, 6.07) is 8.88. The molecule has 238 valence electrons. The third-order valence-electron chi connectivity index (χ3n) is 15.8. The number of aliphatic carboxylic acids is 1. The lowest BCUT2D eigenvalue weighted by Gasteiger charge is -2.72. The SMILES string of the molecule is C=C(C)[C@@H]1CC[C@]2(C(=O)O)CC[C@]3(C)[C@H](CC[C@@H]4[C@@]5(C)CC=C(c6ccc(C7(OC=O)CC7)cc6)C(C)(C)[C@@H]5CC[C@]43C)[C@@H]12. The summed E-state index contributed by atoms with van der Waals surface area (Å²) in [6.45, 7) is 20.0. The molecule has 0 aliphatic heterocycles. The first-order valence-electron chi connectivity index (χ1n) is 17.5. The fraction of sp³-hybridized carbons (Fsp3) is 0.700. The normalized spacial score (nSPS) is 44.6. The number of ether oxygens (including phenoxy) is 1. The van der Waals surface area contributed by atoms with Crippen LogP contribution in [-0.2, 0) is 19.9 Å².